The third-order valence-corrected chi connectivity index (χ3v) is 5.61. The molecule has 1 atom stereocenters. The molecule has 0 saturated carbocycles. The maximum atomic E-state index is 11.6. The SMILES string of the molecule is CN(C)CCCNc1cc(N(C)C2CCS(=O)(=O)C2)ncn1. The van der Waals surface area contributed by atoms with E-state index in [-0.39, 0.29) is 17.5 Å². The van der Waals surface area contributed by atoms with Crippen LogP contribution in [0.1, 0.15) is 12.8 Å². The molecular weight excluding hydrogens is 302 g/mol. The van der Waals surface area contributed by atoms with Crippen LogP contribution in [0.3, 0.4) is 0 Å². The predicted molar refractivity (Wildman–Crippen MR) is 89.2 cm³/mol. The van der Waals surface area contributed by atoms with Crippen molar-refractivity contribution in [3.05, 3.63) is 12.4 Å². The van der Waals surface area contributed by atoms with Gasteiger partial charge in [0.2, 0.25) is 0 Å². The molecule has 1 aliphatic heterocycles. The van der Waals surface area contributed by atoms with Gasteiger partial charge in [-0.15, -0.1) is 0 Å². The molecule has 0 aliphatic carbocycles. The van der Waals surface area contributed by atoms with Crippen molar-refractivity contribution < 1.29 is 8.42 Å². The summed E-state index contributed by atoms with van der Waals surface area (Å²) in [5.74, 6) is 2.01. The maximum Gasteiger partial charge on any atom is 0.152 e. The van der Waals surface area contributed by atoms with Gasteiger partial charge in [-0.05, 0) is 33.5 Å². The average Bonchev–Trinajstić information content (AvgIpc) is 2.83. The van der Waals surface area contributed by atoms with Crippen molar-refractivity contribution in [2.24, 2.45) is 0 Å². The van der Waals surface area contributed by atoms with Crippen molar-refractivity contribution in [1.29, 1.82) is 0 Å². The molecule has 1 aromatic rings. The highest BCUT2D eigenvalue weighted by Crippen LogP contribution is 2.22. The summed E-state index contributed by atoms with van der Waals surface area (Å²) in [6.45, 7) is 1.86. The van der Waals surface area contributed by atoms with Crippen LogP contribution >= 0.6 is 0 Å². The fourth-order valence-electron chi connectivity index (χ4n) is 2.52. The van der Waals surface area contributed by atoms with Crippen molar-refractivity contribution in [2.45, 2.75) is 18.9 Å². The lowest BCUT2D eigenvalue weighted by atomic mass is 10.2. The van der Waals surface area contributed by atoms with Crippen molar-refractivity contribution in [2.75, 3.05) is 56.0 Å². The Balaban J connectivity index is 1.93. The van der Waals surface area contributed by atoms with Gasteiger partial charge in [-0.25, -0.2) is 18.4 Å². The van der Waals surface area contributed by atoms with E-state index in [1.54, 1.807) is 0 Å². The van der Waals surface area contributed by atoms with Gasteiger partial charge < -0.3 is 15.1 Å². The minimum atomic E-state index is -2.89. The molecule has 8 heteroatoms. The Labute approximate surface area is 132 Å². The first-order chi connectivity index (χ1) is 10.4. The zero-order valence-electron chi connectivity index (χ0n) is 13.5. The lowest BCUT2D eigenvalue weighted by Gasteiger charge is -2.24. The van der Waals surface area contributed by atoms with Crippen molar-refractivity contribution in [1.82, 2.24) is 14.9 Å². The Kier molecular flexibility index (Phi) is 5.57. The Hall–Kier alpha value is -1.41. The second-order valence-electron chi connectivity index (χ2n) is 6.01. The number of sulfone groups is 1. The third kappa shape index (κ3) is 4.81. The van der Waals surface area contributed by atoms with Gasteiger partial charge in [-0.1, -0.05) is 0 Å². The van der Waals surface area contributed by atoms with Gasteiger partial charge in [-0.3, -0.25) is 0 Å². The summed E-state index contributed by atoms with van der Waals surface area (Å²) in [6.07, 6.45) is 3.21. The lowest BCUT2D eigenvalue weighted by Crippen LogP contribution is -2.33. The molecule has 1 aromatic heterocycles. The molecular formula is C14H25N5O2S. The number of hydrogen-bond donors (Lipinski definition) is 1. The predicted octanol–water partition coefficient (Wildman–Crippen LogP) is 0.464. The van der Waals surface area contributed by atoms with Crippen LogP contribution in [-0.4, -0.2) is 75.1 Å². The first kappa shape index (κ1) is 17.0. The van der Waals surface area contributed by atoms with E-state index in [9.17, 15) is 8.42 Å². The number of rotatable bonds is 7. The van der Waals surface area contributed by atoms with E-state index in [1.807, 2.05) is 32.1 Å². The Morgan fingerprint density at radius 3 is 2.73 bits per heavy atom. The first-order valence-corrected chi connectivity index (χ1v) is 9.33. The topological polar surface area (TPSA) is 78.4 Å². The van der Waals surface area contributed by atoms with Gasteiger partial charge >= 0.3 is 0 Å². The monoisotopic (exact) mass is 327 g/mol. The molecule has 1 saturated heterocycles. The number of nitrogens with zero attached hydrogens (tertiary/aromatic N) is 4. The number of aromatic nitrogens is 2. The molecule has 7 nitrogen and oxygen atoms in total. The molecule has 0 amide bonds. The van der Waals surface area contributed by atoms with E-state index in [4.69, 9.17) is 0 Å². The Morgan fingerprint density at radius 2 is 2.09 bits per heavy atom. The summed E-state index contributed by atoms with van der Waals surface area (Å²) in [5, 5.41) is 3.28. The highest BCUT2D eigenvalue weighted by molar-refractivity contribution is 7.91. The van der Waals surface area contributed by atoms with Crippen molar-refractivity contribution in [3.63, 3.8) is 0 Å². The van der Waals surface area contributed by atoms with E-state index in [0.717, 1.165) is 31.1 Å². The summed E-state index contributed by atoms with van der Waals surface area (Å²) >= 11 is 0. The highest BCUT2D eigenvalue weighted by Gasteiger charge is 2.31. The minimum Gasteiger partial charge on any atom is -0.370 e. The van der Waals surface area contributed by atoms with Gasteiger partial charge in [0.1, 0.15) is 18.0 Å². The summed E-state index contributed by atoms with van der Waals surface area (Å²) < 4.78 is 23.2. The third-order valence-electron chi connectivity index (χ3n) is 3.86. The summed E-state index contributed by atoms with van der Waals surface area (Å²) in [7, 11) is 3.10. The molecule has 1 unspecified atom stereocenters. The van der Waals surface area contributed by atoms with Crippen LogP contribution in [0.5, 0.6) is 0 Å². The van der Waals surface area contributed by atoms with Gasteiger partial charge in [-0.2, -0.15) is 0 Å². The first-order valence-electron chi connectivity index (χ1n) is 7.51. The van der Waals surface area contributed by atoms with Crippen LogP contribution in [0, 0.1) is 0 Å². The number of anilines is 2. The van der Waals surface area contributed by atoms with E-state index in [1.165, 1.54) is 6.33 Å². The number of hydrogen-bond acceptors (Lipinski definition) is 7. The zero-order valence-corrected chi connectivity index (χ0v) is 14.3. The molecule has 2 heterocycles. The Bertz CT molecular complexity index is 591. The Morgan fingerprint density at radius 1 is 1.32 bits per heavy atom. The smallest absolute Gasteiger partial charge is 0.152 e. The van der Waals surface area contributed by atoms with Crippen LogP contribution < -0.4 is 10.2 Å². The molecule has 22 heavy (non-hydrogen) atoms. The fourth-order valence-corrected chi connectivity index (χ4v) is 4.29. The van der Waals surface area contributed by atoms with E-state index in [2.05, 4.69) is 20.2 Å². The second kappa shape index (κ2) is 7.23. The minimum absolute atomic E-state index is 0.00138. The number of nitrogens with one attached hydrogen (secondary N) is 1. The second-order valence-corrected chi connectivity index (χ2v) is 8.24. The fraction of sp³-hybridized carbons (Fsp3) is 0.714. The maximum absolute atomic E-state index is 11.6. The zero-order chi connectivity index (χ0) is 16.2. The quantitative estimate of drug-likeness (QED) is 0.729. The van der Waals surface area contributed by atoms with Crippen LogP contribution in [0.15, 0.2) is 12.4 Å². The van der Waals surface area contributed by atoms with Crippen molar-refractivity contribution in [3.8, 4) is 0 Å². The van der Waals surface area contributed by atoms with Crippen LogP contribution in [0.4, 0.5) is 11.6 Å². The molecule has 1 aliphatic rings. The molecule has 124 valence electrons. The molecule has 0 bridgehead atoms. The van der Waals surface area contributed by atoms with Gasteiger partial charge in [0.15, 0.2) is 9.84 Å². The molecule has 0 spiro atoms. The van der Waals surface area contributed by atoms with Gasteiger partial charge in [0.05, 0.1) is 11.5 Å². The van der Waals surface area contributed by atoms with Crippen LogP contribution in [0.2, 0.25) is 0 Å². The van der Waals surface area contributed by atoms with E-state index < -0.39 is 9.84 Å². The van der Waals surface area contributed by atoms with Crippen molar-refractivity contribution >= 4 is 21.5 Å². The normalized spacial score (nSPS) is 20.3. The average molecular weight is 327 g/mol. The molecule has 1 N–H and O–H groups in total. The molecule has 1 fully saturated rings. The molecule has 0 radical (unpaired) electrons. The van der Waals surface area contributed by atoms with E-state index in [0.29, 0.717) is 6.42 Å². The lowest BCUT2D eigenvalue weighted by molar-refractivity contribution is 0.405. The largest absolute Gasteiger partial charge is 0.370 e. The highest BCUT2D eigenvalue weighted by atomic mass is 32.2. The molecule has 2 rings (SSSR count). The molecule has 0 aromatic carbocycles. The van der Waals surface area contributed by atoms with Crippen LogP contribution in [0.25, 0.3) is 0 Å². The van der Waals surface area contributed by atoms with Gasteiger partial charge in [0, 0.05) is 25.7 Å². The van der Waals surface area contributed by atoms with Gasteiger partial charge in [0.25, 0.3) is 0 Å². The van der Waals surface area contributed by atoms with E-state index >= 15 is 0 Å². The standard InChI is InChI=1S/C14H25N5O2S/c1-18(2)7-4-6-15-13-9-14(17-11-16-13)19(3)12-5-8-22(20,21)10-12/h9,11-12H,4-8,10H2,1-3H3,(H,15,16,17). The van der Waals surface area contributed by atoms with Crippen LogP contribution in [-0.2, 0) is 9.84 Å². The summed E-state index contributed by atoms with van der Waals surface area (Å²) in [5.41, 5.74) is 0. The summed E-state index contributed by atoms with van der Waals surface area (Å²) in [4.78, 5) is 12.6. The summed E-state index contributed by atoms with van der Waals surface area (Å²) in [6, 6.07) is 1.88.